The lowest BCUT2D eigenvalue weighted by molar-refractivity contribution is -0.130. The molecule has 1 atom stereocenters. The van der Waals surface area contributed by atoms with Gasteiger partial charge in [-0.2, -0.15) is 5.10 Å². The van der Waals surface area contributed by atoms with E-state index in [9.17, 15) is 4.79 Å². The van der Waals surface area contributed by atoms with Crippen molar-refractivity contribution in [3.8, 4) is 0 Å². The molecule has 2 aromatic rings. The van der Waals surface area contributed by atoms with Gasteiger partial charge >= 0.3 is 0 Å². The third kappa shape index (κ3) is 3.55. The lowest BCUT2D eigenvalue weighted by atomic mass is 9.99. The van der Waals surface area contributed by atoms with E-state index in [0.29, 0.717) is 13.2 Å². The number of hydrogen-bond acceptors (Lipinski definition) is 4. The average molecular weight is 357 g/mol. The molecule has 25 heavy (non-hydrogen) atoms. The number of rotatable bonds is 6. The second kappa shape index (κ2) is 7.14. The summed E-state index contributed by atoms with van der Waals surface area (Å²) in [6.45, 7) is 2.17. The molecule has 0 radical (unpaired) electrons. The minimum absolute atomic E-state index is 0.0419. The summed E-state index contributed by atoms with van der Waals surface area (Å²) in [5, 5.41) is 6.61. The topological polar surface area (TPSA) is 47.4 Å². The largest absolute Gasteiger partial charge is 0.382 e. The highest BCUT2D eigenvalue weighted by Gasteiger charge is 2.34. The van der Waals surface area contributed by atoms with Crippen LogP contribution >= 0.6 is 11.3 Å². The van der Waals surface area contributed by atoms with Crippen LogP contribution in [-0.4, -0.2) is 40.8 Å². The fourth-order valence-electron chi connectivity index (χ4n) is 3.47. The van der Waals surface area contributed by atoms with Crippen LogP contribution < -0.4 is 0 Å². The third-order valence-corrected chi connectivity index (χ3v) is 5.78. The van der Waals surface area contributed by atoms with Gasteiger partial charge in [0, 0.05) is 31.2 Å². The second-order valence-corrected chi connectivity index (χ2v) is 7.76. The molecule has 2 aromatic heterocycles. The van der Waals surface area contributed by atoms with E-state index in [2.05, 4.69) is 9.78 Å². The zero-order chi connectivity index (χ0) is 17.2. The van der Waals surface area contributed by atoms with Gasteiger partial charge in [0.25, 0.3) is 0 Å². The van der Waals surface area contributed by atoms with E-state index in [1.54, 1.807) is 24.5 Å². The summed E-state index contributed by atoms with van der Waals surface area (Å²) in [5.74, 6) is 0.789. The summed E-state index contributed by atoms with van der Waals surface area (Å²) < 4.78 is 7.57. The molecule has 5 nitrogen and oxygen atoms in total. The van der Waals surface area contributed by atoms with Crippen molar-refractivity contribution in [1.29, 1.82) is 0 Å². The molecule has 1 amide bonds. The smallest absolute Gasteiger partial charge is 0.247 e. The van der Waals surface area contributed by atoms with Crippen LogP contribution in [0.3, 0.4) is 0 Å². The molecule has 132 valence electrons. The lowest BCUT2D eigenvalue weighted by Crippen LogP contribution is -2.42. The number of nitrogens with zero attached hydrogens (tertiary/aromatic N) is 3. The Morgan fingerprint density at radius 2 is 2.36 bits per heavy atom. The number of fused-ring (bicyclic) bond motifs is 1. The van der Waals surface area contributed by atoms with Crippen LogP contribution in [0.25, 0.3) is 6.08 Å². The van der Waals surface area contributed by atoms with Crippen molar-refractivity contribution >= 4 is 23.3 Å². The molecule has 1 aliphatic carbocycles. The normalized spacial score (nSPS) is 20.2. The first-order valence-electron chi connectivity index (χ1n) is 8.82. The quantitative estimate of drug-likeness (QED) is 0.746. The maximum absolute atomic E-state index is 12.8. The first-order valence-corrected chi connectivity index (χ1v) is 9.70. The van der Waals surface area contributed by atoms with Crippen molar-refractivity contribution in [2.45, 2.75) is 31.8 Å². The average Bonchev–Trinajstić information content (AvgIpc) is 3.11. The van der Waals surface area contributed by atoms with Gasteiger partial charge in [0.15, 0.2) is 0 Å². The number of aromatic nitrogens is 2. The van der Waals surface area contributed by atoms with Crippen LogP contribution in [0.1, 0.15) is 35.0 Å². The Morgan fingerprint density at radius 1 is 1.48 bits per heavy atom. The highest BCUT2D eigenvalue weighted by atomic mass is 32.1. The van der Waals surface area contributed by atoms with Crippen LogP contribution in [0.5, 0.6) is 0 Å². The van der Waals surface area contributed by atoms with E-state index in [0.717, 1.165) is 29.5 Å². The molecule has 1 aliphatic heterocycles. The molecule has 2 aliphatic rings. The molecule has 0 aromatic carbocycles. The standard InChI is InChI=1S/C19H23N3O2S/c1-24-13-17-19-15(11-20-22(19)12-14-4-5-14)8-9-21(17)18(23)7-6-16-3-2-10-25-16/h2-3,6-7,10-11,14,17H,4-5,8-9,12-13H2,1H3/b7-6+/t17-/m0/s1. The summed E-state index contributed by atoms with van der Waals surface area (Å²) in [5.41, 5.74) is 2.42. The number of carbonyl (C=O) groups is 1. The van der Waals surface area contributed by atoms with Gasteiger partial charge in [0.1, 0.15) is 0 Å². The highest BCUT2D eigenvalue weighted by Crippen LogP contribution is 2.35. The van der Waals surface area contributed by atoms with E-state index in [4.69, 9.17) is 4.74 Å². The molecule has 0 bridgehead atoms. The SMILES string of the molecule is COC[C@H]1c2c(cnn2CC2CC2)CCN1C(=O)/C=C/c1cccs1. The number of thiophene rings is 1. The Bertz CT molecular complexity index is 762. The second-order valence-electron chi connectivity index (χ2n) is 6.78. The fraction of sp³-hybridized carbons (Fsp3) is 0.474. The Labute approximate surface area is 151 Å². The maximum atomic E-state index is 12.8. The minimum Gasteiger partial charge on any atom is -0.382 e. The zero-order valence-electron chi connectivity index (χ0n) is 14.4. The van der Waals surface area contributed by atoms with Gasteiger partial charge in [-0.05, 0) is 48.3 Å². The molecule has 0 spiro atoms. The van der Waals surface area contributed by atoms with Crippen molar-refractivity contribution in [2.24, 2.45) is 5.92 Å². The number of carbonyl (C=O) groups excluding carboxylic acids is 1. The summed E-state index contributed by atoms with van der Waals surface area (Å²) >= 11 is 1.63. The van der Waals surface area contributed by atoms with Gasteiger partial charge in [0.2, 0.25) is 5.91 Å². The van der Waals surface area contributed by atoms with E-state index < -0.39 is 0 Å². The fourth-order valence-corrected chi connectivity index (χ4v) is 4.09. The molecule has 6 heteroatoms. The summed E-state index contributed by atoms with van der Waals surface area (Å²) in [6, 6.07) is 3.95. The van der Waals surface area contributed by atoms with Gasteiger partial charge in [-0.1, -0.05) is 6.07 Å². The van der Waals surface area contributed by atoms with Crippen LogP contribution in [0.2, 0.25) is 0 Å². The van der Waals surface area contributed by atoms with E-state index in [-0.39, 0.29) is 11.9 Å². The summed E-state index contributed by atoms with van der Waals surface area (Å²) in [7, 11) is 1.69. The van der Waals surface area contributed by atoms with Gasteiger partial charge < -0.3 is 9.64 Å². The first kappa shape index (κ1) is 16.5. The Kier molecular flexibility index (Phi) is 4.72. The van der Waals surface area contributed by atoms with Crippen molar-refractivity contribution in [3.05, 3.63) is 45.9 Å². The van der Waals surface area contributed by atoms with Crippen molar-refractivity contribution < 1.29 is 9.53 Å². The molecule has 0 saturated heterocycles. The van der Waals surface area contributed by atoms with E-state index >= 15 is 0 Å². The van der Waals surface area contributed by atoms with Crippen LogP contribution in [-0.2, 0) is 22.5 Å². The predicted octanol–water partition coefficient (Wildman–Crippen LogP) is 3.14. The first-order chi connectivity index (χ1) is 12.3. The van der Waals surface area contributed by atoms with Crippen LogP contribution in [0.4, 0.5) is 0 Å². The van der Waals surface area contributed by atoms with Crippen LogP contribution in [0.15, 0.2) is 29.8 Å². The van der Waals surface area contributed by atoms with E-state index in [1.165, 1.54) is 18.4 Å². The van der Waals surface area contributed by atoms with Gasteiger partial charge in [-0.15, -0.1) is 11.3 Å². The Morgan fingerprint density at radius 3 is 3.08 bits per heavy atom. The number of ether oxygens (including phenoxy) is 1. The Balaban J connectivity index is 1.57. The molecular formula is C19H23N3O2S. The molecule has 3 heterocycles. The molecule has 0 N–H and O–H groups in total. The monoisotopic (exact) mass is 357 g/mol. The lowest BCUT2D eigenvalue weighted by Gasteiger charge is -2.35. The number of amides is 1. The number of methoxy groups -OCH3 is 1. The highest BCUT2D eigenvalue weighted by molar-refractivity contribution is 7.10. The van der Waals surface area contributed by atoms with Crippen molar-refractivity contribution in [3.63, 3.8) is 0 Å². The molecular weight excluding hydrogens is 334 g/mol. The maximum Gasteiger partial charge on any atom is 0.247 e. The van der Waals surface area contributed by atoms with Crippen molar-refractivity contribution in [2.75, 3.05) is 20.3 Å². The minimum atomic E-state index is -0.0597. The molecule has 0 unspecified atom stereocenters. The van der Waals surface area contributed by atoms with Gasteiger partial charge in [0.05, 0.1) is 24.5 Å². The van der Waals surface area contributed by atoms with E-state index in [1.807, 2.05) is 34.7 Å². The third-order valence-electron chi connectivity index (χ3n) is 4.94. The summed E-state index contributed by atoms with van der Waals surface area (Å²) in [6.07, 6.45) is 8.99. The van der Waals surface area contributed by atoms with Crippen LogP contribution in [0, 0.1) is 5.92 Å². The molecule has 1 saturated carbocycles. The molecule has 4 rings (SSSR count). The molecule has 1 fully saturated rings. The van der Waals surface area contributed by atoms with Gasteiger partial charge in [-0.3, -0.25) is 9.48 Å². The number of hydrogen-bond donors (Lipinski definition) is 0. The summed E-state index contributed by atoms with van der Waals surface area (Å²) in [4.78, 5) is 15.8. The predicted molar refractivity (Wildman–Crippen MR) is 98.3 cm³/mol. The van der Waals surface area contributed by atoms with Gasteiger partial charge in [-0.25, -0.2) is 0 Å². The van der Waals surface area contributed by atoms with Crippen molar-refractivity contribution in [1.82, 2.24) is 14.7 Å². The Hall–Kier alpha value is -1.92. The zero-order valence-corrected chi connectivity index (χ0v) is 15.2.